The van der Waals surface area contributed by atoms with E-state index < -0.39 is 4.92 Å². The highest BCUT2D eigenvalue weighted by Gasteiger charge is 2.32. The number of hydrogen-bond acceptors (Lipinski definition) is 8. The molecular weight excluding hydrogens is 392 g/mol. The van der Waals surface area contributed by atoms with Gasteiger partial charge in [-0.3, -0.25) is 14.9 Å². The van der Waals surface area contributed by atoms with E-state index in [1.165, 1.54) is 25.2 Å². The number of rotatable bonds is 5. The normalized spacial score (nSPS) is 14.8. The molecule has 27 heavy (non-hydrogen) atoms. The van der Waals surface area contributed by atoms with Gasteiger partial charge in [0.2, 0.25) is 5.82 Å². The van der Waals surface area contributed by atoms with Gasteiger partial charge in [-0.05, 0) is 37.1 Å². The summed E-state index contributed by atoms with van der Waals surface area (Å²) in [5.74, 6) is -0.157. The zero-order valence-electron chi connectivity index (χ0n) is 14.5. The number of benzene rings is 1. The minimum atomic E-state index is -0.458. The Kier molecular flexibility index (Phi) is 6.12. The molecule has 0 spiro atoms. The van der Waals surface area contributed by atoms with Crippen molar-refractivity contribution in [3.8, 4) is 0 Å². The Balaban J connectivity index is 1.85. The fourth-order valence-corrected chi connectivity index (χ4v) is 3.91. The van der Waals surface area contributed by atoms with Gasteiger partial charge in [0.15, 0.2) is 5.03 Å². The molecule has 0 N–H and O–H groups in total. The molecule has 1 saturated heterocycles. The number of nitro groups is 1. The van der Waals surface area contributed by atoms with Crippen LogP contribution in [0, 0.1) is 16.0 Å². The largest absolute Gasteiger partial charge is 0.469 e. The van der Waals surface area contributed by atoms with Gasteiger partial charge in [0, 0.05) is 23.0 Å². The molecule has 0 atom stereocenters. The third-order valence-corrected chi connectivity index (χ3v) is 5.56. The van der Waals surface area contributed by atoms with E-state index in [-0.39, 0.29) is 28.4 Å². The summed E-state index contributed by atoms with van der Waals surface area (Å²) in [6, 6.07) is 6.99. The van der Waals surface area contributed by atoms with Gasteiger partial charge in [0.05, 0.1) is 18.0 Å². The molecule has 0 amide bonds. The second-order valence-electron chi connectivity index (χ2n) is 5.95. The van der Waals surface area contributed by atoms with Gasteiger partial charge >= 0.3 is 11.7 Å². The zero-order valence-corrected chi connectivity index (χ0v) is 16.1. The van der Waals surface area contributed by atoms with Crippen LogP contribution in [0.2, 0.25) is 5.02 Å². The van der Waals surface area contributed by atoms with E-state index in [1.807, 2.05) is 4.90 Å². The Labute approximate surface area is 165 Å². The van der Waals surface area contributed by atoms with Crippen molar-refractivity contribution in [1.29, 1.82) is 0 Å². The summed E-state index contributed by atoms with van der Waals surface area (Å²) in [4.78, 5) is 33.8. The monoisotopic (exact) mass is 408 g/mol. The van der Waals surface area contributed by atoms with Crippen LogP contribution in [0.25, 0.3) is 0 Å². The number of ether oxygens (including phenoxy) is 1. The fraction of sp³-hybridized carbons (Fsp3) is 0.353. The number of carbonyl (C=O) groups excluding carboxylic acids is 1. The molecule has 0 unspecified atom stereocenters. The van der Waals surface area contributed by atoms with E-state index in [4.69, 9.17) is 16.3 Å². The molecule has 1 aliphatic heterocycles. The number of carbonyl (C=O) groups is 1. The van der Waals surface area contributed by atoms with Gasteiger partial charge < -0.3 is 9.64 Å². The van der Waals surface area contributed by atoms with Crippen LogP contribution in [0.4, 0.5) is 11.5 Å². The number of halogens is 1. The van der Waals surface area contributed by atoms with Crippen molar-refractivity contribution in [2.24, 2.45) is 5.92 Å². The molecule has 1 aromatic heterocycles. The van der Waals surface area contributed by atoms with Crippen molar-refractivity contribution in [2.75, 3.05) is 25.1 Å². The molecule has 8 nitrogen and oxygen atoms in total. The molecule has 1 fully saturated rings. The van der Waals surface area contributed by atoms with Gasteiger partial charge in [-0.1, -0.05) is 23.4 Å². The van der Waals surface area contributed by atoms with E-state index in [0.717, 1.165) is 4.90 Å². The predicted octanol–water partition coefficient (Wildman–Crippen LogP) is 3.58. The lowest BCUT2D eigenvalue weighted by Crippen LogP contribution is -2.37. The highest BCUT2D eigenvalue weighted by molar-refractivity contribution is 7.99. The standard InChI is InChI=1S/C17H17ClN4O4S/c1-26-17(23)11-6-8-21(9-7-11)15-14(22(24)25)16(20-10-19-15)27-13-4-2-12(18)3-5-13/h2-5,10-11H,6-9H2,1H3. The van der Waals surface area contributed by atoms with Crippen molar-refractivity contribution in [2.45, 2.75) is 22.8 Å². The second-order valence-corrected chi connectivity index (χ2v) is 7.45. The van der Waals surface area contributed by atoms with Crippen molar-refractivity contribution < 1.29 is 14.5 Å². The van der Waals surface area contributed by atoms with Gasteiger partial charge in [0.25, 0.3) is 0 Å². The first-order valence-corrected chi connectivity index (χ1v) is 9.44. The van der Waals surface area contributed by atoms with Gasteiger partial charge in [0.1, 0.15) is 6.33 Å². The fourth-order valence-electron chi connectivity index (χ4n) is 2.93. The molecule has 3 rings (SSSR count). The van der Waals surface area contributed by atoms with Crippen LogP contribution < -0.4 is 4.90 Å². The predicted molar refractivity (Wildman–Crippen MR) is 101 cm³/mol. The van der Waals surface area contributed by atoms with Crippen molar-refractivity contribution in [3.63, 3.8) is 0 Å². The summed E-state index contributed by atoms with van der Waals surface area (Å²) in [5.41, 5.74) is -0.131. The van der Waals surface area contributed by atoms with Crippen molar-refractivity contribution in [1.82, 2.24) is 9.97 Å². The maximum atomic E-state index is 11.7. The third kappa shape index (κ3) is 4.48. The number of hydrogen-bond donors (Lipinski definition) is 0. The minimum Gasteiger partial charge on any atom is -0.469 e. The van der Waals surface area contributed by atoms with E-state index in [2.05, 4.69) is 9.97 Å². The van der Waals surface area contributed by atoms with Crippen molar-refractivity contribution in [3.05, 3.63) is 45.7 Å². The molecule has 0 aliphatic carbocycles. The second kappa shape index (κ2) is 8.53. The maximum Gasteiger partial charge on any atom is 0.343 e. The number of aromatic nitrogens is 2. The first kappa shape index (κ1) is 19.4. The molecule has 2 aromatic rings. The van der Waals surface area contributed by atoms with E-state index >= 15 is 0 Å². The highest BCUT2D eigenvalue weighted by Crippen LogP contribution is 2.39. The molecule has 1 aliphatic rings. The molecule has 2 heterocycles. The smallest absolute Gasteiger partial charge is 0.343 e. The van der Waals surface area contributed by atoms with Gasteiger partial charge in [-0.2, -0.15) is 0 Å². The molecule has 142 valence electrons. The third-order valence-electron chi connectivity index (χ3n) is 4.31. The van der Waals surface area contributed by atoms with E-state index in [0.29, 0.717) is 31.0 Å². The van der Waals surface area contributed by atoms with Crippen LogP contribution >= 0.6 is 23.4 Å². The lowest BCUT2D eigenvalue weighted by molar-refractivity contribution is -0.387. The number of anilines is 1. The molecule has 1 aromatic carbocycles. The number of methoxy groups -OCH3 is 1. The Morgan fingerprint density at radius 2 is 1.96 bits per heavy atom. The first-order valence-electron chi connectivity index (χ1n) is 8.25. The Morgan fingerprint density at radius 1 is 1.30 bits per heavy atom. The van der Waals surface area contributed by atoms with Crippen molar-refractivity contribution >= 4 is 40.8 Å². The van der Waals surface area contributed by atoms with Gasteiger partial charge in [-0.15, -0.1) is 0 Å². The summed E-state index contributed by atoms with van der Waals surface area (Å²) in [7, 11) is 1.37. The summed E-state index contributed by atoms with van der Waals surface area (Å²) in [6.07, 6.45) is 2.45. The van der Waals surface area contributed by atoms with Crippen LogP contribution in [-0.4, -0.2) is 41.1 Å². The lowest BCUT2D eigenvalue weighted by Gasteiger charge is -2.31. The summed E-state index contributed by atoms with van der Waals surface area (Å²) < 4.78 is 4.78. The van der Waals surface area contributed by atoms with E-state index in [9.17, 15) is 14.9 Å². The number of piperidine rings is 1. The topological polar surface area (TPSA) is 98.5 Å². The lowest BCUT2D eigenvalue weighted by atomic mass is 9.97. The molecular formula is C17H17ClN4O4S. The summed E-state index contributed by atoms with van der Waals surface area (Å²) >= 11 is 7.07. The van der Waals surface area contributed by atoms with Crippen LogP contribution in [0.15, 0.2) is 40.5 Å². The average Bonchev–Trinajstić information content (AvgIpc) is 2.69. The maximum absolute atomic E-state index is 11.7. The van der Waals surface area contributed by atoms with E-state index in [1.54, 1.807) is 24.3 Å². The SMILES string of the molecule is COC(=O)C1CCN(c2ncnc(Sc3ccc(Cl)cc3)c2[N+](=O)[O-])CC1. The molecule has 0 saturated carbocycles. The summed E-state index contributed by atoms with van der Waals surface area (Å²) in [6.45, 7) is 0.978. The van der Waals surface area contributed by atoms with Crippen LogP contribution in [-0.2, 0) is 9.53 Å². The van der Waals surface area contributed by atoms with Crippen LogP contribution in [0.1, 0.15) is 12.8 Å². The number of esters is 1. The molecule has 0 bridgehead atoms. The molecule has 10 heteroatoms. The van der Waals surface area contributed by atoms with Crippen LogP contribution in [0.5, 0.6) is 0 Å². The Morgan fingerprint density at radius 3 is 2.56 bits per heavy atom. The first-order chi connectivity index (χ1) is 13.0. The highest BCUT2D eigenvalue weighted by atomic mass is 35.5. The Hall–Kier alpha value is -2.39. The Bertz CT molecular complexity index is 841. The van der Waals surface area contributed by atoms with Gasteiger partial charge in [-0.25, -0.2) is 9.97 Å². The minimum absolute atomic E-state index is 0.131. The molecule has 0 radical (unpaired) electrons. The summed E-state index contributed by atoms with van der Waals surface area (Å²) in [5, 5.41) is 12.6. The quantitative estimate of drug-likeness (QED) is 0.320. The van der Waals surface area contributed by atoms with Crippen LogP contribution in [0.3, 0.4) is 0 Å². The average molecular weight is 409 g/mol. The zero-order chi connectivity index (χ0) is 19.4. The number of nitrogens with zero attached hydrogens (tertiary/aromatic N) is 4.